The molecule has 0 aromatic heterocycles. The van der Waals surface area contributed by atoms with Crippen molar-refractivity contribution in [2.24, 2.45) is 0 Å². The summed E-state index contributed by atoms with van der Waals surface area (Å²) in [5.74, 6) is 0. The highest BCUT2D eigenvalue weighted by Crippen LogP contribution is 2.25. The van der Waals surface area contributed by atoms with Crippen molar-refractivity contribution in [2.45, 2.75) is 52.1 Å². The van der Waals surface area contributed by atoms with Crippen LogP contribution < -0.4 is 11.2 Å². The second-order valence-electron chi connectivity index (χ2n) is 5.22. The fourth-order valence-corrected chi connectivity index (χ4v) is 2.59. The summed E-state index contributed by atoms with van der Waals surface area (Å²) in [5.41, 5.74) is 12.5. The van der Waals surface area contributed by atoms with Crippen LogP contribution in [0.2, 0.25) is 0 Å². The van der Waals surface area contributed by atoms with E-state index in [1.165, 1.54) is 30.5 Å². The fraction of sp³-hybridized carbons (Fsp3) is 0.571. The number of nitrogen functional groups attached to an aromatic ring is 1. The van der Waals surface area contributed by atoms with Gasteiger partial charge in [0, 0.05) is 17.8 Å². The lowest BCUT2D eigenvalue weighted by atomic mass is 10.00. The minimum Gasteiger partial charge on any atom is -0.399 e. The molecule has 1 aromatic carbocycles. The Kier molecular flexibility index (Phi) is 3.57. The summed E-state index contributed by atoms with van der Waals surface area (Å²) in [4.78, 5) is 0. The van der Waals surface area contributed by atoms with Crippen molar-refractivity contribution in [3.8, 4) is 0 Å². The van der Waals surface area contributed by atoms with Crippen LogP contribution in [0.15, 0.2) is 18.2 Å². The summed E-state index contributed by atoms with van der Waals surface area (Å²) in [6, 6.07) is 7.22. The van der Waals surface area contributed by atoms with E-state index in [9.17, 15) is 0 Å². The molecule has 0 saturated carbocycles. The molecule has 1 saturated heterocycles. The standard InChI is InChI=1S/C14H23N3/c1-10-9-13(15)7-8-14(10)16-17-11(2)5-4-6-12(17)3/h7-9,11-12,16H,4-6,15H2,1-3H3. The molecule has 17 heavy (non-hydrogen) atoms. The third-order valence-electron chi connectivity index (χ3n) is 3.69. The van der Waals surface area contributed by atoms with Crippen LogP contribution in [-0.4, -0.2) is 17.1 Å². The molecule has 3 nitrogen and oxygen atoms in total. The van der Waals surface area contributed by atoms with Crippen LogP contribution in [0.3, 0.4) is 0 Å². The lowest BCUT2D eigenvalue weighted by molar-refractivity contribution is 0.135. The Hall–Kier alpha value is -1.22. The molecule has 2 rings (SSSR count). The molecule has 0 aliphatic carbocycles. The zero-order chi connectivity index (χ0) is 12.4. The van der Waals surface area contributed by atoms with Crippen LogP contribution in [0, 0.1) is 6.92 Å². The molecule has 1 heterocycles. The van der Waals surface area contributed by atoms with Crippen molar-refractivity contribution in [2.75, 3.05) is 11.2 Å². The quantitative estimate of drug-likeness (QED) is 0.771. The average Bonchev–Trinajstić information content (AvgIpc) is 2.26. The normalized spacial score (nSPS) is 25.8. The van der Waals surface area contributed by atoms with Crippen molar-refractivity contribution >= 4 is 11.4 Å². The third-order valence-corrected chi connectivity index (χ3v) is 3.69. The summed E-state index contributed by atoms with van der Waals surface area (Å²) < 4.78 is 0. The monoisotopic (exact) mass is 233 g/mol. The molecule has 94 valence electrons. The van der Waals surface area contributed by atoms with E-state index < -0.39 is 0 Å². The van der Waals surface area contributed by atoms with E-state index in [1.54, 1.807) is 0 Å². The minimum atomic E-state index is 0.593. The van der Waals surface area contributed by atoms with Gasteiger partial charge in [0.05, 0.1) is 5.69 Å². The Morgan fingerprint density at radius 3 is 2.47 bits per heavy atom. The van der Waals surface area contributed by atoms with Gasteiger partial charge >= 0.3 is 0 Å². The van der Waals surface area contributed by atoms with Gasteiger partial charge in [0.25, 0.3) is 0 Å². The Morgan fingerprint density at radius 1 is 1.24 bits per heavy atom. The summed E-state index contributed by atoms with van der Waals surface area (Å²) >= 11 is 0. The highest BCUT2D eigenvalue weighted by atomic mass is 15.5. The molecule has 3 N–H and O–H groups in total. The first-order chi connectivity index (χ1) is 8.08. The number of nitrogens with one attached hydrogen (secondary N) is 1. The second-order valence-corrected chi connectivity index (χ2v) is 5.22. The molecule has 0 amide bonds. The van der Waals surface area contributed by atoms with Crippen LogP contribution in [0.1, 0.15) is 38.7 Å². The van der Waals surface area contributed by atoms with E-state index in [0.29, 0.717) is 12.1 Å². The third kappa shape index (κ3) is 2.72. The van der Waals surface area contributed by atoms with Crippen LogP contribution >= 0.6 is 0 Å². The Morgan fingerprint density at radius 2 is 1.88 bits per heavy atom. The molecule has 3 heteroatoms. The fourth-order valence-electron chi connectivity index (χ4n) is 2.59. The lowest BCUT2D eigenvalue weighted by Gasteiger charge is -2.39. The van der Waals surface area contributed by atoms with Crippen molar-refractivity contribution in [3.63, 3.8) is 0 Å². The maximum atomic E-state index is 5.77. The number of piperidine rings is 1. The van der Waals surface area contributed by atoms with Gasteiger partial charge < -0.3 is 11.2 Å². The highest BCUT2D eigenvalue weighted by Gasteiger charge is 2.24. The van der Waals surface area contributed by atoms with Crippen LogP contribution in [0.4, 0.5) is 11.4 Å². The van der Waals surface area contributed by atoms with Gasteiger partial charge in [-0.1, -0.05) is 6.42 Å². The van der Waals surface area contributed by atoms with E-state index in [2.05, 4.69) is 37.3 Å². The molecule has 2 unspecified atom stereocenters. The molecule has 1 aromatic rings. The topological polar surface area (TPSA) is 41.3 Å². The van der Waals surface area contributed by atoms with Crippen molar-refractivity contribution in [3.05, 3.63) is 23.8 Å². The van der Waals surface area contributed by atoms with Crippen molar-refractivity contribution in [1.29, 1.82) is 0 Å². The van der Waals surface area contributed by atoms with Gasteiger partial charge in [0.15, 0.2) is 0 Å². The van der Waals surface area contributed by atoms with Crippen LogP contribution in [0.5, 0.6) is 0 Å². The largest absolute Gasteiger partial charge is 0.399 e. The molecule has 1 fully saturated rings. The summed E-state index contributed by atoms with van der Waals surface area (Å²) in [6.07, 6.45) is 3.87. The molecule has 1 aliphatic rings. The zero-order valence-electron chi connectivity index (χ0n) is 11.0. The molecule has 1 aliphatic heterocycles. The zero-order valence-corrected chi connectivity index (χ0v) is 11.0. The van der Waals surface area contributed by atoms with Gasteiger partial charge in [-0.15, -0.1) is 0 Å². The van der Waals surface area contributed by atoms with Crippen LogP contribution in [-0.2, 0) is 0 Å². The first-order valence-electron chi connectivity index (χ1n) is 6.49. The van der Waals surface area contributed by atoms with E-state index in [4.69, 9.17) is 5.73 Å². The summed E-state index contributed by atoms with van der Waals surface area (Å²) in [5, 5.41) is 2.38. The Labute approximate surface area is 104 Å². The number of benzene rings is 1. The summed E-state index contributed by atoms with van der Waals surface area (Å²) in [6.45, 7) is 6.67. The summed E-state index contributed by atoms with van der Waals surface area (Å²) in [7, 11) is 0. The van der Waals surface area contributed by atoms with Gasteiger partial charge in [-0.3, -0.25) is 0 Å². The average molecular weight is 233 g/mol. The van der Waals surface area contributed by atoms with Gasteiger partial charge in [0.2, 0.25) is 0 Å². The van der Waals surface area contributed by atoms with Crippen molar-refractivity contribution < 1.29 is 0 Å². The SMILES string of the molecule is Cc1cc(N)ccc1NN1C(C)CCCC1C. The number of nitrogens with two attached hydrogens (primary N) is 1. The highest BCUT2D eigenvalue weighted by molar-refractivity contribution is 5.57. The second kappa shape index (κ2) is 4.96. The lowest BCUT2D eigenvalue weighted by Crippen LogP contribution is -2.47. The predicted octanol–water partition coefficient (Wildman–Crippen LogP) is 3.17. The van der Waals surface area contributed by atoms with Gasteiger partial charge in [-0.05, 0) is 57.4 Å². The number of nitrogens with zero attached hydrogens (tertiary/aromatic N) is 1. The van der Waals surface area contributed by atoms with Gasteiger partial charge in [-0.25, -0.2) is 5.01 Å². The predicted molar refractivity (Wildman–Crippen MR) is 73.8 cm³/mol. The van der Waals surface area contributed by atoms with E-state index in [1.807, 2.05) is 12.1 Å². The first kappa shape index (κ1) is 12.2. The molecule has 0 bridgehead atoms. The molecule has 0 radical (unpaired) electrons. The number of hydrogen-bond acceptors (Lipinski definition) is 3. The first-order valence-corrected chi connectivity index (χ1v) is 6.49. The maximum Gasteiger partial charge on any atom is 0.0520 e. The molecular weight excluding hydrogens is 210 g/mol. The number of hydrazine groups is 1. The van der Waals surface area contributed by atoms with Gasteiger partial charge in [0.1, 0.15) is 0 Å². The smallest absolute Gasteiger partial charge is 0.0520 e. The number of rotatable bonds is 2. The number of hydrogen-bond donors (Lipinski definition) is 2. The van der Waals surface area contributed by atoms with E-state index in [-0.39, 0.29) is 0 Å². The van der Waals surface area contributed by atoms with Crippen LogP contribution in [0.25, 0.3) is 0 Å². The van der Waals surface area contributed by atoms with Gasteiger partial charge in [-0.2, -0.15) is 0 Å². The Balaban J connectivity index is 2.13. The maximum absolute atomic E-state index is 5.77. The molecule has 0 spiro atoms. The van der Waals surface area contributed by atoms with E-state index in [0.717, 1.165) is 5.69 Å². The number of aryl methyl sites for hydroxylation is 1. The molecular formula is C14H23N3. The number of anilines is 2. The Bertz CT molecular complexity index is 379. The molecule has 2 atom stereocenters. The minimum absolute atomic E-state index is 0.593. The van der Waals surface area contributed by atoms with E-state index >= 15 is 0 Å². The van der Waals surface area contributed by atoms with Crippen molar-refractivity contribution in [1.82, 2.24) is 5.01 Å².